The van der Waals surface area contributed by atoms with E-state index < -0.39 is 34.6 Å². The summed E-state index contributed by atoms with van der Waals surface area (Å²) in [6, 6.07) is 19.2. The average molecular weight is 444 g/mol. The van der Waals surface area contributed by atoms with Gasteiger partial charge in [0.2, 0.25) is 0 Å². The minimum Gasteiger partial charge on any atom is -0.459 e. The molecule has 144 valence electrons. The van der Waals surface area contributed by atoms with E-state index >= 15 is 0 Å². The predicted molar refractivity (Wildman–Crippen MR) is 104 cm³/mol. The summed E-state index contributed by atoms with van der Waals surface area (Å²) in [4.78, 5) is 24.7. The highest BCUT2D eigenvalue weighted by Crippen LogP contribution is 2.43. The molecule has 0 saturated carbocycles. The van der Waals surface area contributed by atoms with Crippen LogP contribution in [0.2, 0.25) is 0 Å². The van der Waals surface area contributed by atoms with Gasteiger partial charge in [-0.25, -0.2) is 9.59 Å². The molecule has 0 aromatic heterocycles. The van der Waals surface area contributed by atoms with Gasteiger partial charge in [-0.3, -0.25) is 0 Å². The maximum absolute atomic E-state index is 12.5. The Morgan fingerprint density at radius 3 is 2.14 bits per heavy atom. The fourth-order valence-electron chi connectivity index (χ4n) is 2.89. The van der Waals surface area contributed by atoms with Crippen molar-refractivity contribution in [3.63, 3.8) is 0 Å². The molecular formula is C21H18BrNO5. The minimum absolute atomic E-state index is 0.153. The smallest absolute Gasteiger partial charge is 0.338 e. The molecule has 4 atom stereocenters. The van der Waals surface area contributed by atoms with Crippen molar-refractivity contribution < 1.29 is 23.8 Å². The van der Waals surface area contributed by atoms with Gasteiger partial charge in [-0.15, -0.1) is 0 Å². The van der Waals surface area contributed by atoms with Crippen molar-refractivity contribution in [2.45, 2.75) is 24.1 Å². The van der Waals surface area contributed by atoms with Crippen LogP contribution in [0.15, 0.2) is 60.7 Å². The minimum atomic E-state index is -1.14. The topological polar surface area (TPSA) is 85.6 Å². The number of alkyl halides is 1. The van der Waals surface area contributed by atoms with Crippen molar-refractivity contribution in [1.29, 1.82) is 5.26 Å². The van der Waals surface area contributed by atoms with Gasteiger partial charge in [0.15, 0.2) is 6.10 Å². The zero-order chi connectivity index (χ0) is 20.1. The van der Waals surface area contributed by atoms with Crippen molar-refractivity contribution >= 4 is 27.9 Å². The van der Waals surface area contributed by atoms with Crippen molar-refractivity contribution in [2.75, 3.05) is 6.61 Å². The summed E-state index contributed by atoms with van der Waals surface area (Å²) in [5, 5.41) is 8.98. The molecule has 1 aliphatic heterocycles. The van der Waals surface area contributed by atoms with E-state index in [2.05, 4.69) is 22.0 Å². The van der Waals surface area contributed by atoms with Crippen molar-refractivity contribution in [3.05, 3.63) is 71.8 Å². The summed E-state index contributed by atoms with van der Waals surface area (Å²) in [5.74, 6) is -1.09. The van der Waals surface area contributed by atoms with Gasteiger partial charge in [-0.2, -0.15) is 5.26 Å². The molecule has 0 radical (unpaired) electrons. The summed E-state index contributed by atoms with van der Waals surface area (Å²) >= 11 is 3.32. The lowest BCUT2D eigenvalue weighted by Gasteiger charge is -2.26. The Morgan fingerprint density at radius 1 is 1.07 bits per heavy atom. The van der Waals surface area contributed by atoms with Crippen molar-refractivity contribution in [1.82, 2.24) is 0 Å². The lowest BCUT2D eigenvalue weighted by Crippen LogP contribution is -2.41. The Morgan fingerprint density at radius 2 is 1.61 bits per heavy atom. The van der Waals surface area contributed by atoms with Crippen molar-refractivity contribution in [2.24, 2.45) is 5.41 Å². The number of hydrogen-bond acceptors (Lipinski definition) is 6. The molecule has 0 aliphatic carbocycles. The number of rotatable bonds is 5. The van der Waals surface area contributed by atoms with Gasteiger partial charge in [-0.05, 0) is 31.2 Å². The van der Waals surface area contributed by atoms with Crippen LogP contribution in [0.5, 0.6) is 0 Å². The number of halogens is 1. The third-order valence-corrected chi connectivity index (χ3v) is 5.73. The van der Waals surface area contributed by atoms with Gasteiger partial charge in [0, 0.05) is 0 Å². The third-order valence-electron chi connectivity index (χ3n) is 4.57. The molecule has 2 aromatic rings. The normalized spacial score (nSPS) is 26.2. The molecular weight excluding hydrogens is 426 g/mol. The summed E-state index contributed by atoms with van der Waals surface area (Å²) in [7, 11) is 0. The highest BCUT2D eigenvalue weighted by Gasteiger charge is 2.56. The van der Waals surface area contributed by atoms with Gasteiger partial charge < -0.3 is 14.2 Å². The van der Waals surface area contributed by atoms with Crippen LogP contribution in [0.1, 0.15) is 27.6 Å². The molecule has 2 aromatic carbocycles. The van der Waals surface area contributed by atoms with Crippen LogP contribution in [0, 0.1) is 16.7 Å². The number of benzene rings is 2. The molecule has 0 amide bonds. The molecule has 3 rings (SSSR count). The van der Waals surface area contributed by atoms with E-state index in [1.807, 2.05) is 0 Å². The average Bonchev–Trinajstić information content (AvgIpc) is 2.98. The zero-order valence-electron chi connectivity index (χ0n) is 15.1. The standard InChI is InChI=1S/C21H18BrNO5/c1-21(13-23)17(28-19(25)15-10-6-3-7-11-15)16(27-20(21)22)12-26-18(24)14-8-4-2-5-9-14/h2-11,16-17,20H,12H2,1H3/t16?,17-,20+,21-/m1/s1. The van der Waals surface area contributed by atoms with Crippen LogP contribution < -0.4 is 0 Å². The van der Waals surface area contributed by atoms with E-state index in [0.717, 1.165) is 0 Å². The number of nitriles is 1. The van der Waals surface area contributed by atoms with Crippen LogP contribution in [-0.2, 0) is 14.2 Å². The summed E-state index contributed by atoms with van der Waals surface area (Å²) in [5.41, 5.74) is -0.383. The number of esters is 2. The lowest BCUT2D eigenvalue weighted by molar-refractivity contribution is -0.0351. The van der Waals surface area contributed by atoms with E-state index in [0.29, 0.717) is 11.1 Å². The molecule has 1 heterocycles. The molecule has 6 nitrogen and oxygen atoms in total. The first-order chi connectivity index (χ1) is 13.5. The van der Waals surface area contributed by atoms with E-state index in [1.165, 1.54) is 0 Å². The van der Waals surface area contributed by atoms with Gasteiger partial charge in [0.05, 0.1) is 17.2 Å². The summed E-state index contributed by atoms with van der Waals surface area (Å²) in [6.07, 6.45) is -1.70. The Balaban J connectivity index is 1.74. The maximum Gasteiger partial charge on any atom is 0.338 e. The third kappa shape index (κ3) is 4.08. The Bertz CT molecular complexity index is 883. The molecule has 28 heavy (non-hydrogen) atoms. The predicted octanol–water partition coefficient (Wildman–Crippen LogP) is 3.72. The summed E-state index contributed by atoms with van der Waals surface area (Å²) in [6.45, 7) is 1.48. The number of ether oxygens (including phenoxy) is 3. The second-order valence-electron chi connectivity index (χ2n) is 6.54. The second-order valence-corrected chi connectivity index (χ2v) is 7.37. The van der Waals surface area contributed by atoms with E-state index in [4.69, 9.17) is 14.2 Å². The summed E-state index contributed by atoms with van der Waals surface area (Å²) < 4.78 is 16.7. The molecule has 7 heteroatoms. The number of nitrogens with zero attached hydrogens (tertiary/aromatic N) is 1. The van der Waals surface area contributed by atoms with Crippen molar-refractivity contribution in [3.8, 4) is 6.07 Å². The Labute approximate surface area is 171 Å². The number of carbonyl (C=O) groups is 2. The Kier molecular flexibility index (Phi) is 6.12. The quantitative estimate of drug-likeness (QED) is 0.516. The van der Waals surface area contributed by atoms with Crippen LogP contribution in [0.3, 0.4) is 0 Å². The van der Waals surface area contributed by atoms with Gasteiger partial charge in [0.25, 0.3) is 0 Å². The fourth-order valence-corrected chi connectivity index (χ4v) is 3.53. The highest BCUT2D eigenvalue weighted by atomic mass is 79.9. The van der Waals surface area contributed by atoms with Crippen LogP contribution in [-0.4, -0.2) is 35.8 Å². The van der Waals surface area contributed by atoms with E-state index in [1.54, 1.807) is 67.6 Å². The number of hydrogen-bond donors (Lipinski definition) is 0. The first-order valence-corrected chi connectivity index (χ1v) is 9.56. The molecule has 1 fully saturated rings. The maximum atomic E-state index is 12.5. The van der Waals surface area contributed by atoms with E-state index in [-0.39, 0.29) is 6.61 Å². The van der Waals surface area contributed by atoms with Crippen LogP contribution >= 0.6 is 15.9 Å². The van der Waals surface area contributed by atoms with Gasteiger partial charge >= 0.3 is 11.9 Å². The van der Waals surface area contributed by atoms with Gasteiger partial charge in [-0.1, -0.05) is 52.3 Å². The lowest BCUT2D eigenvalue weighted by atomic mass is 9.86. The molecule has 1 saturated heterocycles. The largest absolute Gasteiger partial charge is 0.459 e. The molecule has 1 unspecified atom stereocenters. The zero-order valence-corrected chi connectivity index (χ0v) is 16.7. The molecule has 0 N–H and O–H groups in total. The first kappa shape index (κ1) is 20.1. The van der Waals surface area contributed by atoms with E-state index in [9.17, 15) is 14.9 Å². The first-order valence-electron chi connectivity index (χ1n) is 8.64. The molecule has 0 bridgehead atoms. The monoisotopic (exact) mass is 443 g/mol. The number of carbonyl (C=O) groups excluding carboxylic acids is 2. The highest BCUT2D eigenvalue weighted by molar-refractivity contribution is 9.09. The van der Waals surface area contributed by atoms with Gasteiger partial charge in [0.1, 0.15) is 23.1 Å². The Hall–Kier alpha value is -2.69. The van der Waals surface area contributed by atoms with Crippen LogP contribution in [0.4, 0.5) is 0 Å². The van der Waals surface area contributed by atoms with Crippen LogP contribution in [0.25, 0.3) is 0 Å². The fraction of sp³-hybridized carbons (Fsp3) is 0.286. The second kappa shape index (κ2) is 8.55. The molecule has 1 aliphatic rings. The molecule has 0 spiro atoms. The SMILES string of the molecule is C[C@@]1(C#N)[C@H](OC(=O)c2ccccc2)C(COC(=O)c2ccccc2)O[C@@H]1Br.